The molecule has 0 unspecified atom stereocenters. The van der Waals surface area contributed by atoms with Crippen LogP contribution in [-0.2, 0) is 4.74 Å². The molecule has 0 fully saturated rings. The molecule has 0 spiro atoms. The second-order valence-corrected chi connectivity index (χ2v) is 10.1. The molecule has 0 saturated carbocycles. The van der Waals surface area contributed by atoms with Gasteiger partial charge in [0.15, 0.2) is 0 Å². The van der Waals surface area contributed by atoms with Crippen LogP contribution < -0.4 is 4.90 Å². The molecule has 1 amide bonds. The van der Waals surface area contributed by atoms with E-state index in [1.165, 1.54) is 17.2 Å². The summed E-state index contributed by atoms with van der Waals surface area (Å²) in [4.78, 5) is 24.7. The van der Waals surface area contributed by atoms with Gasteiger partial charge in [-0.25, -0.2) is 14.2 Å². The number of pyridine rings is 1. The van der Waals surface area contributed by atoms with Gasteiger partial charge in [0.25, 0.3) is 0 Å². The van der Waals surface area contributed by atoms with Crippen LogP contribution in [0.25, 0.3) is 27.7 Å². The van der Waals surface area contributed by atoms with E-state index in [0.29, 0.717) is 13.1 Å². The van der Waals surface area contributed by atoms with Crippen molar-refractivity contribution in [3.8, 4) is 11.1 Å². The Labute approximate surface area is 199 Å². The van der Waals surface area contributed by atoms with Crippen molar-refractivity contribution in [3.05, 3.63) is 53.6 Å². The van der Waals surface area contributed by atoms with E-state index in [2.05, 4.69) is 34.9 Å². The van der Waals surface area contributed by atoms with E-state index >= 15 is 0 Å². The molecule has 2 aliphatic heterocycles. The molecule has 2 aliphatic rings. The predicted molar refractivity (Wildman–Crippen MR) is 133 cm³/mol. The lowest BCUT2D eigenvalue weighted by atomic mass is 9.93. The number of ether oxygens (including phenoxy) is 1. The molecule has 2 aromatic heterocycles. The highest BCUT2D eigenvalue weighted by molar-refractivity contribution is 6.03. The van der Waals surface area contributed by atoms with E-state index in [0.717, 1.165) is 46.4 Å². The van der Waals surface area contributed by atoms with E-state index in [-0.39, 0.29) is 18.0 Å². The number of aromatic amines is 1. The van der Waals surface area contributed by atoms with E-state index in [1.807, 2.05) is 32.9 Å². The summed E-state index contributed by atoms with van der Waals surface area (Å²) in [5.74, 6) is -0.249. The Morgan fingerprint density at radius 3 is 2.74 bits per heavy atom. The Hall–Kier alpha value is -3.35. The molecule has 4 heterocycles. The van der Waals surface area contributed by atoms with Crippen molar-refractivity contribution in [1.29, 1.82) is 0 Å². The number of nitrogens with one attached hydrogen (secondary N) is 1. The fourth-order valence-corrected chi connectivity index (χ4v) is 5.21. The third kappa shape index (κ3) is 3.73. The molecule has 1 aromatic carbocycles. The summed E-state index contributed by atoms with van der Waals surface area (Å²) in [6, 6.07) is 7.09. The number of carbonyl (C=O) groups is 1. The monoisotopic (exact) mass is 462 g/mol. The van der Waals surface area contributed by atoms with Gasteiger partial charge in [0.05, 0.1) is 6.04 Å². The molecule has 0 bridgehead atoms. The standard InChI is InChI=1S/C27H31FN4O2/c1-6-20-23-22-18(19-15-17(28)7-8-21(19)31(20)5)9-12-29-25(22)30-24(23)16-10-13-32(14-11-16)26(33)34-27(2,3)4/h7-10,12,15,20H,6,11,13-14H2,1-5H3,(H,29,30)/t20-/m1/s1. The molecule has 178 valence electrons. The first-order valence-electron chi connectivity index (χ1n) is 11.9. The first kappa shape index (κ1) is 22.4. The molecule has 0 saturated heterocycles. The number of hydrogen-bond acceptors (Lipinski definition) is 4. The summed E-state index contributed by atoms with van der Waals surface area (Å²) in [7, 11) is 2.08. The Morgan fingerprint density at radius 2 is 2.06 bits per heavy atom. The molecule has 5 rings (SSSR count). The van der Waals surface area contributed by atoms with Gasteiger partial charge >= 0.3 is 6.09 Å². The summed E-state index contributed by atoms with van der Waals surface area (Å²) < 4.78 is 19.8. The summed E-state index contributed by atoms with van der Waals surface area (Å²) in [6.07, 6.45) is 5.21. The number of halogens is 1. The molecular weight excluding hydrogens is 431 g/mol. The number of amides is 1. The SMILES string of the molecule is CC[C@@H]1c2c(C3=CCN(C(=O)OC(C)(C)C)CC3)[nH]c3nccc(c23)-c2cc(F)ccc2N1C. The number of carbonyl (C=O) groups excluding carboxylic acids is 1. The number of aromatic nitrogens is 2. The van der Waals surface area contributed by atoms with Gasteiger partial charge in [-0.1, -0.05) is 13.0 Å². The number of hydrogen-bond donors (Lipinski definition) is 1. The van der Waals surface area contributed by atoms with Crippen molar-refractivity contribution < 1.29 is 13.9 Å². The highest BCUT2D eigenvalue weighted by Gasteiger charge is 2.33. The molecule has 6 nitrogen and oxygen atoms in total. The predicted octanol–water partition coefficient (Wildman–Crippen LogP) is 6.29. The molecule has 1 N–H and O–H groups in total. The van der Waals surface area contributed by atoms with Gasteiger partial charge in [-0.2, -0.15) is 0 Å². The quantitative estimate of drug-likeness (QED) is 0.486. The minimum Gasteiger partial charge on any atom is -0.444 e. The van der Waals surface area contributed by atoms with Gasteiger partial charge < -0.3 is 19.5 Å². The van der Waals surface area contributed by atoms with Crippen LogP contribution in [0.1, 0.15) is 57.8 Å². The second-order valence-electron chi connectivity index (χ2n) is 10.1. The molecule has 3 aromatic rings. The lowest BCUT2D eigenvalue weighted by Gasteiger charge is -2.32. The zero-order valence-electron chi connectivity index (χ0n) is 20.4. The Balaban J connectivity index is 1.61. The third-order valence-corrected chi connectivity index (χ3v) is 6.73. The summed E-state index contributed by atoms with van der Waals surface area (Å²) in [5, 5.41) is 1.05. The molecule has 7 heteroatoms. The molecule has 0 radical (unpaired) electrons. The number of nitrogens with zero attached hydrogens (tertiary/aromatic N) is 3. The van der Waals surface area contributed by atoms with Gasteiger partial charge in [0, 0.05) is 54.2 Å². The smallest absolute Gasteiger partial charge is 0.410 e. The van der Waals surface area contributed by atoms with Crippen molar-refractivity contribution >= 4 is 28.4 Å². The molecule has 1 atom stereocenters. The molecule has 34 heavy (non-hydrogen) atoms. The molecular formula is C27H31FN4O2. The van der Waals surface area contributed by atoms with Gasteiger partial charge in [-0.15, -0.1) is 0 Å². The van der Waals surface area contributed by atoms with Crippen LogP contribution in [0.4, 0.5) is 14.9 Å². The zero-order chi connectivity index (χ0) is 24.2. The van der Waals surface area contributed by atoms with Gasteiger partial charge in [-0.3, -0.25) is 0 Å². The van der Waals surface area contributed by atoms with E-state index < -0.39 is 5.60 Å². The fourth-order valence-electron chi connectivity index (χ4n) is 5.21. The fraction of sp³-hybridized carbons (Fsp3) is 0.407. The zero-order valence-corrected chi connectivity index (χ0v) is 20.4. The number of fused-ring (bicyclic) bond motifs is 2. The van der Waals surface area contributed by atoms with Crippen LogP contribution in [0.5, 0.6) is 0 Å². The topological polar surface area (TPSA) is 61.5 Å². The summed E-state index contributed by atoms with van der Waals surface area (Å²) in [6.45, 7) is 8.90. The Bertz CT molecular complexity index is 1300. The van der Waals surface area contributed by atoms with Crippen LogP contribution in [0.15, 0.2) is 36.5 Å². The number of rotatable bonds is 2. The first-order valence-corrected chi connectivity index (χ1v) is 11.9. The van der Waals surface area contributed by atoms with Crippen molar-refractivity contribution in [2.24, 2.45) is 0 Å². The number of benzene rings is 1. The maximum atomic E-state index is 14.3. The van der Waals surface area contributed by atoms with Crippen molar-refractivity contribution in [3.63, 3.8) is 0 Å². The van der Waals surface area contributed by atoms with Gasteiger partial charge in [0.2, 0.25) is 0 Å². The Morgan fingerprint density at radius 1 is 1.26 bits per heavy atom. The normalized spacial score (nSPS) is 17.9. The minimum absolute atomic E-state index is 0.100. The number of H-pyrrole nitrogens is 1. The average Bonchev–Trinajstić information content (AvgIpc) is 3.13. The largest absolute Gasteiger partial charge is 0.444 e. The van der Waals surface area contributed by atoms with Crippen molar-refractivity contribution in [2.75, 3.05) is 25.0 Å². The van der Waals surface area contributed by atoms with E-state index in [9.17, 15) is 9.18 Å². The number of anilines is 1. The van der Waals surface area contributed by atoms with Gasteiger partial charge in [0.1, 0.15) is 17.1 Å². The van der Waals surface area contributed by atoms with Crippen LogP contribution in [0.3, 0.4) is 0 Å². The highest BCUT2D eigenvalue weighted by atomic mass is 19.1. The lowest BCUT2D eigenvalue weighted by Crippen LogP contribution is -2.39. The van der Waals surface area contributed by atoms with Crippen LogP contribution in [-0.4, -0.2) is 46.7 Å². The van der Waals surface area contributed by atoms with Crippen molar-refractivity contribution in [2.45, 2.75) is 52.2 Å². The van der Waals surface area contributed by atoms with E-state index in [4.69, 9.17) is 4.74 Å². The third-order valence-electron chi connectivity index (χ3n) is 6.73. The van der Waals surface area contributed by atoms with Gasteiger partial charge in [-0.05, 0) is 69.0 Å². The first-order chi connectivity index (χ1) is 16.2. The molecule has 0 aliphatic carbocycles. The van der Waals surface area contributed by atoms with Crippen LogP contribution in [0, 0.1) is 5.82 Å². The minimum atomic E-state index is -0.518. The van der Waals surface area contributed by atoms with Crippen LogP contribution in [0.2, 0.25) is 0 Å². The van der Waals surface area contributed by atoms with Crippen LogP contribution >= 0.6 is 0 Å². The highest BCUT2D eigenvalue weighted by Crippen LogP contribution is 2.48. The maximum Gasteiger partial charge on any atom is 0.410 e. The summed E-state index contributed by atoms with van der Waals surface area (Å²) >= 11 is 0. The Kier molecular flexibility index (Phi) is 5.38. The maximum absolute atomic E-state index is 14.3. The summed E-state index contributed by atoms with van der Waals surface area (Å²) in [5.41, 5.74) is 6.59. The van der Waals surface area contributed by atoms with Crippen molar-refractivity contribution in [1.82, 2.24) is 14.9 Å². The lowest BCUT2D eigenvalue weighted by molar-refractivity contribution is 0.0270. The average molecular weight is 463 g/mol. The van der Waals surface area contributed by atoms with E-state index in [1.54, 1.807) is 17.2 Å². The second kappa shape index (κ2) is 8.15.